The third-order valence-electron chi connectivity index (χ3n) is 5.10. The van der Waals surface area contributed by atoms with E-state index in [-0.39, 0.29) is 29.5 Å². The molecule has 0 amide bonds. The molecule has 1 heterocycles. The normalized spacial score (nSPS) is 16.8. The number of hydrogen-bond acceptors (Lipinski definition) is 4. The van der Waals surface area contributed by atoms with Crippen LogP contribution in [0.2, 0.25) is 0 Å². The number of halogens is 1. The molecule has 1 N–H and O–H groups in total. The van der Waals surface area contributed by atoms with Gasteiger partial charge in [0.2, 0.25) is 0 Å². The molecule has 148 valence electrons. The number of benzene rings is 1. The summed E-state index contributed by atoms with van der Waals surface area (Å²) in [5, 5.41) is 3.56. The van der Waals surface area contributed by atoms with Crippen LogP contribution in [0.3, 0.4) is 0 Å². The second-order valence-corrected chi connectivity index (χ2v) is 6.84. The molecule has 0 aliphatic carbocycles. The molecule has 2 rings (SSSR count). The Morgan fingerprint density at radius 1 is 1.19 bits per heavy atom. The molecule has 0 saturated carbocycles. The Bertz CT molecular complexity index is 557. The lowest BCUT2D eigenvalue weighted by atomic mass is 9.88. The lowest BCUT2D eigenvalue weighted by Gasteiger charge is -2.43. The zero-order chi connectivity index (χ0) is 18.3. The second kappa shape index (κ2) is 10.9. The molecule has 0 radical (unpaired) electrons. The van der Waals surface area contributed by atoms with Gasteiger partial charge in [-0.05, 0) is 44.6 Å². The monoisotopic (exact) mass is 476 g/mol. The van der Waals surface area contributed by atoms with E-state index < -0.39 is 0 Å². The Hall–Kier alpha value is -1.06. The van der Waals surface area contributed by atoms with Gasteiger partial charge in [0, 0.05) is 45.9 Å². The summed E-state index contributed by atoms with van der Waals surface area (Å²) in [5.74, 6) is 1.78. The van der Waals surface area contributed by atoms with Crippen molar-refractivity contribution in [3.63, 3.8) is 0 Å². The number of ether oxygens (including phenoxy) is 2. The van der Waals surface area contributed by atoms with E-state index in [2.05, 4.69) is 53.4 Å². The molecule has 1 fully saturated rings. The molecule has 1 aliphatic rings. The van der Waals surface area contributed by atoms with Gasteiger partial charge in [-0.1, -0.05) is 12.1 Å². The zero-order valence-electron chi connectivity index (χ0n) is 16.6. The van der Waals surface area contributed by atoms with Crippen molar-refractivity contribution in [2.45, 2.75) is 24.9 Å². The van der Waals surface area contributed by atoms with Gasteiger partial charge in [0.1, 0.15) is 5.75 Å². The summed E-state index contributed by atoms with van der Waals surface area (Å²) in [4.78, 5) is 8.91. The number of methoxy groups -OCH3 is 1. The maximum Gasteiger partial charge on any atom is 0.193 e. The van der Waals surface area contributed by atoms with Gasteiger partial charge >= 0.3 is 0 Å². The Labute approximate surface area is 175 Å². The maximum absolute atomic E-state index is 5.55. The molecule has 0 aromatic heterocycles. The number of nitrogens with zero attached hydrogens (tertiary/aromatic N) is 3. The van der Waals surface area contributed by atoms with E-state index in [1.807, 2.05) is 19.2 Å². The fourth-order valence-corrected chi connectivity index (χ4v) is 3.24. The average molecular weight is 476 g/mol. The maximum atomic E-state index is 5.55. The Balaban J connectivity index is 0.00000338. The molecule has 7 heteroatoms. The van der Waals surface area contributed by atoms with E-state index in [1.165, 1.54) is 5.56 Å². The Kier molecular flexibility index (Phi) is 9.67. The summed E-state index contributed by atoms with van der Waals surface area (Å²) < 4.78 is 10.8. The van der Waals surface area contributed by atoms with Crippen LogP contribution in [0.4, 0.5) is 0 Å². The minimum absolute atomic E-state index is 0. The van der Waals surface area contributed by atoms with Crippen molar-refractivity contribution in [1.82, 2.24) is 15.1 Å². The highest BCUT2D eigenvalue weighted by Gasteiger charge is 2.35. The van der Waals surface area contributed by atoms with Crippen LogP contribution in [-0.4, -0.2) is 76.4 Å². The summed E-state index contributed by atoms with van der Waals surface area (Å²) in [6, 6.07) is 8.15. The van der Waals surface area contributed by atoms with Crippen LogP contribution < -0.4 is 10.1 Å². The molecule has 1 aliphatic heterocycles. The molecule has 1 aromatic rings. The summed E-state index contributed by atoms with van der Waals surface area (Å²) in [6.45, 7) is 3.30. The van der Waals surface area contributed by atoms with Gasteiger partial charge in [-0.25, -0.2) is 0 Å². The first-order chi connectivity index (χ1) is 12.0. The van der Waals surface area contributed by atoms with Crippen LogP contribution in [0.1, 0.15) is 18.4 Å². The number of guanidine groups is 1. The molecule has 0 spiro atoms. The van der Waals surface area contributed by atoms with Crippen LogP contribution in [0.15, 0.2) is 29.3 Å². The van der Waals surface area contributed by atoms with Crippen molar-refractivity contribution in [1.29, 1.82) is 0 Å². The Morgan fingerprint density at radius 2 is 1.81 bits per heavy atom. The van der Waals surface area contributed by atoms with E-state index in [0.29, 0.717) is 0 Å². The quantitative estimate of drug-likeness (QED) is 0.389. The molecule has 0 unspecified atom stereocenters. The van der Waals surface area contributed by atoms with Gasteiger partial charge in [-0.2, -0.15) is 0 Å². The minimum Gasteiger partial charge on any atom is -0.497 e. The van der Waals surface area contributed by atoms with E-state index in [4.69, 9.17) is 9.47 Å². The lowest BCUT2D eigenvalue weighted by molar-refractivity contribution is -0.00522. The first-order valence-electron chi connectivity index (χ1n) is 8.80. The number of rotatable bonds is 6. The van der Waals surface area contributed by atoms with Crippen molar-refractivity contribution >= 4 is 29.9 Å². The van der Waals surface area contributed by atoms with Crippen LogP contribution in [0.5, 0.6) is 5.75 Å². The van der Waals surface area contributed by atoms with Crippen LogP contribution in [0, 0.1) is 0 Å². The topological polar surface area (TPSA) is 49.3 Å². The zero-order valence-corrected chi connectivity index (χ0v) is 18.9. The minimum atomic E-state index is 0. The summed E-state index contributed by atoms with van der Waals surface area (Å²) in [5.41, 5.74) is 1.34. The second-order valence-electron chi connectivity index (χ2n) is 6.84. The summed E-state index contributed by atoms with van der Waals surface area (Å²) in [7, 11) is 9.88. The van der Waals surface area contributed by atoms with Crippen molar-refractivity contribution in [3.8, 4) is 5.75 Å². The van der Waals surface area contributed by atoms with Crippen LogP contribution in [-0.2, 0) is 11.3 Å². The van der Waals surface area contributed by atoms with Gasteiger partial charge in [0.05, 0.1) is 7.11 Å². The number of likely N-dealkylation sites (N-methyl/N-ethyl adjacent to an activating group) is 1. The van der Waals surface area contributed by atoms with Crippen molar-refractivity contribution in [3.05, 3.63) is 29.8 Å². The number of nitrogens with one attached hydrogen (secondary N) is 1. The third-order valence-corrected chi connectivity index (χ3v) is 5.10. The Morgan fingerprint density at radius 3 is 2.31 bits per heavy atom. The van der Waals surface area contributed by atoms with E-state index >= 15 is 0 Å². The SMILES string of the molecule is CN=C(NCC1(N(C)C)CCOCC1)N(C)Cc1ccc(OC)cc1.I. The van der Waals surface area contributed by atoms with Crippen LogP contribution in [0.25, 0.3) is 0 Å². The highest BCUT2D eigenvalue weighted by Crippen LogP contribution is 2.25. The lowest BCUT2D eigenvalue weighted by Crippen LogP contribution is -2.57. The molecule has 1 aromatic carbocycles. The van der Waals surface area contributed by atoms with Crippen molar-refractivity contribution in [2.24, 2.45) is 4.99 Å². The van der Waals surface area contributed by atoms with Gasteiger partial charge < -0.3 is 24.6 Å². The predicted molar refractivity (Wildman–Crippen MR) is 118 cm³/mol. The number of hydrogen-bond donors (Lipinski definition) is 1. The molecule has 1 saturated heterocycles. The van der Waals surface area contributed by atoms with E-state index in [1.54, 1.807) is 7.11 Å². The standard InChI is InChI=1S/C19H32N4O2.HI/c1-20-18(21-15-19(22(2)3)10-12-25-13-11-19)23(4)14-16-6-8-17(24-5)9-7-16;/h6-9H,10-15H2,1-5H3,(H,20,21);1H. The highest BCUT2D eigenvalue weighted by molar-refractivity contribution is 14.0. The molecule has 6 nitrogen and oxygen atoms in total. The molecular formula is C19H33IN4O2. The average Bonchev–Trinajstić information content (AvgIpc) is 2.63. The first kappa shape index (κ1) is 23.0. The van der Waals surface area contributed by atoms with Crippen molar-refractivity contribution < 1.29 is 9.47 Å². The fourth-order valence-electron chi connectivity index (χ4n) is 3.24. The van der Waals surface area contributed by atoms with Crippen LogP contribution >= 0.6 is 24.0 Å². The van der Waals surface area contributed by atoms with E-state index in [9.17, 15) is 0 Å². The van der Waals surface area contributed by atoms with Crippen molar-refractivity contribution in [2.75, 3.05) is 55.1 Å². The largest absolute Gasteiger partial charge is 0.497 e. The third kappa shape index (κ3) is 5.99. The smallest absolute Gasteiger partial charge is 0.193 e. The molecular weight excluding hydrogens is 443 g/mol. The fraction of sp³-hybridized carbons (Fsp3) is 0.632. The molecule has 0 atom stereocenters. The molecule has 0 bridgehead atoms. The molecule has 26 heavy (non-hydrogen) atoms. The summed E-state index contributed by atoms with van der Waals surface area (Å²) in [6.07, 6.45) is 2.07. The van der Waals surface area contributed by atoms with E-state index in [0.717, 1.165) is 50.9 Å². The predicted octanol–water partition coefficient (Wildman–Crippen LogP) is 2.43. The highest BCUT2D eigenvalue weighted by atomic mass is 127. The first-order valence-corrected chi connectivity index (χ1v) is 8.80. The van der Waals surface area contributed by atoms with Gasteiger partial charge in [0.25, 0.3) is 0 Å². The van der Waals surface area contributed by atoms with Gasteiger partial charge in [-0.3, -0.25) is 4.99 Å². The number of aliphatic imine (C=N–C) groups is 1. The van der Waals surface area contributed by atoms with Gasteiger partial charge in [0.15, 0.2) is 5.96 Å². The summed E-state index contributed by atoms with van der Waals surface area (Å²) >= 11 is 0. The van der Waals surface area contributed by atoms with Gasteiger partial charge in [-0.15, -0.1) is 24.0 Å².